The molecule has 2 saturated heterocycles. The lowest BCUT2D eigenvalue weighted by Crippen LogP contribution is -2.42. The molecule has 2 heterocycles. The number of esters is 2. The van der Waals surface area contributed by atoms with Gasteiger partial charge in [-0.1, -0.05) is 53.4 Å². The Hall–Kier alpha value is -1.22. The van der Waals surface area contributed by atoms with Crippen LogP contribution in [0.5, 0.6) is 0 Å². The molecule has 0 amide bonds. The second-order valence-electron chi connectivity index (χ2n) is 13.6. The van der Waals surface area contributed by atoms with Gasteiger partial charge in [0.15, 0.2) is 18.0 Å². The first-order chi connectivity index (χ1) is 21.8. The molecule has 2 atom stereocenters. The topological polar surface area (TPSA) is 89.5 Å². The fraction of sp³-hybridized carbons (Fsp3) is 0.946. The van der Waals surface area contributed by atoms with E-state index in [4.69, 9.17) is 28.4 Å². The zero-order valence-corrected chi connectivity index (χ0v) is 29.9. The van der Waals surface area contributed by atoms with Crippen LogP contribution in [-0.4, -0.2) is 64.2 Å². The lowest BCUT2D eigenvalue weighted by molar-refractivity contribution is -0.181. The van der Waals surface area contributed by atoms with Crippen LogP contribution >= 0.6 is 0 Å². The fourth-order valence-corrected chi connectivity index (χ4v) is 6.99. The van der Waals surface area contributed by atoms with Gasteiger partial charge in [-0.25, -0.2) is 0 Å². The molecule has 0 bridgehead atoms. The molecule has 0 aromatic heterocycles. The molecule has 2 unspecified atom stereocenters. The van der Waals surface area contributed by atoms with E-state index in [1.165, 1.54) is 0 Å². The van der Waals surface area contributed by atoms with Crippen molar-refractivity contribution < 1.29 is 38.0 Å². The predicted molar refractivity (Wildman–Crippen MR) is 178 cm³/mol. The highest BCUT2D eigenvalue weighted by Gasteiger charge is 2.48. The lowest BCUT2D eigenvalue weighted by atomic mass is 9.74. The molecule has 0 N–H and O–H groups in total. The summed E-state index contributed by atoms with van der Waals surface area (Å²) in [4.78, 5) is 27.1. The average molecular weight is 641 g/mol. The Morgan fingerprint density at radius 1 is 0.578 bits per heavy atom. The van der Waals surface area contributed by atoms with Crippen molar-refractivity contribution in [3.8, 4) is 0 Å². The number of carbonyl (C=O) groups excluding carboxylic acids is 2. The summed E-state index contributed by atoms with van der Waals surface area (Å²) in [5.74, 6) is -0.873. The molecule has 8 heteroatoms. The Morgan fingerprint density at radius 3 is 1.27 bits per heavy atom. The zero-order chi connectivity index (χ0) is 33.0. The summed E-state index contributed by atoms with van der Waals surface area (Å²) in [5, 5.41) is 0. The van der Waals surface area contributed by atoms with Gasteiger partial charge in [-0.2, -0.15) is 0 Å². The zero-order valence-electron chi connectivity index (χ0n) is 29.9. The molecular formula is C37H68O8. The molecule has 2 aliphatic rings. The van der Waals surface area contributed by atoms with Gasteiger partial charge >= 0.3 is 11.9 Å². The minimum absolute atomic E-state index is 0.0612. The maximum absolute atomic E-state index is 13.6. The van der Waals surface area contributed by atoms with Gasteiger partial charge in [-0.3, -0.25) is 9.59 Å². The highest BCUT2D eigenvalue weighted by atomic mass is 16.7. The van der Waals surface area contributed by atoms with E-state index >= 15 is 0 Å². The molecule has 0 radical (unpaired) electrons. The van der Waals surface area contributed by atoms with Gasteiger partial charge in [0.05, 0.1) is 26.4 Å². The molecule has 8 nitrogen and oxygen atoms in total. The van der Waals surface area contributed by atoms with Gasteiger partial charge in [0.25, 0.3) is 0 Å². The van der Waals surface area contributed by atoms with Crippen molar-refractivity contribution in [1.29, 1.82) is 0 Å². The molecule has 2 rings (SSSR count). The molecule has 2 fully saturated rings. The van der Waals surface area contributed by atoms with Crippen LogP contribution in [-0.2, 0) is 38.0 Å². The highest BCUT2D eigenvalue weighted by Crippen LogP contribution is 2.40. The molecule has 45 heavy (non-hydrogen) atoms. The first-order valence-electron chi connectivity index (χ1n) is 18.6. The molecule has 0 aliphatic carbocycles. The van der Waals surface area contributed by atoms with Crippen molar-refractivity contribution in [2.45, 2.75) is 170 Å². The van der Waals surface area contributed by atoms with Crippen LogP contribution in [0, 0.1) is 16.2 Å². The van der Waals surface area contributed by atoms with Crippen molar-refractivity contribution in [2.24, 2.45) is 16.2 Å². The third-order valence-corrected chi connectivity index (χ3v) is 10.9. The van der Waals surface area contributed by atoms with Gasteiger partial charge < -0.3 is 28.4 Å². The van der Waals surface area contributed by atoms with Crippen molar-refractivity contribution >= 4 is 11.9 Å². The lowest BCUT2D eigenvalue weighted by Gasteiger charge is -2.35. The minimum atomic E-state index is -1.27. The average Bonchev–Trinajstić information content (AvgIpc) is 3.08. The van der Waals surface area contributed by atoms with Gasteiger partial charge in [0, 0.05) is 13.2 Å². The largest absolute Gasteiger partial charge is 0.465 e. The van der Waals surface area contributed by atoms with E-state index in [0.29, 0.717) is 26.1 Å². The number of carbonyl (C=O) groups is 2. The Labute approximate surface area is 275 Å². The third-order valence-electron chi connectivity index (χ3n) is 10.9. The Balaban J connectivity index is 2.04. The van der Waals surface area contributed by atoms with Crippen LogP contribution in [0.4, 0.5) is 0 Å². The summed E-state index contributed by atoms with van der Waals surface area (Å²) in [7, 11) is 0. The van der Waals surface area contributed by atoms with Gasteiger partial charge in [-0.05, 0) is 115 Å². The fourth-order valence-electron chi connectivity index (χ4n) is 6.99. The van der Waals surface area contributed by atoms with E-state index in [1.807, 2.05) is 0 Å². The summed E-state index contributed by atoms with van der Waals surface area (Å²) in [6, 6.07) is 0. The van der Waals surface area contributed by atoms with Crippen LogP contribution in [0.25, 0.3) is 0 Å². The van der Waals surface area contributed by atoms with E-state index in [1.54, 1.807) is 13.8 Å². The van der Waals surface area contributed by atoms with Crippen LogP contribution in [0.3, 0.4) is 0 Å². The predicted octanol–water partition coefficient (Wildman–Crippen LogP) is 8.92. The molecule has 264 valence electrons. The monoisotopic (exact) mass is 640 g/mol. The Kier molecular flexibility index (Phi) is 19.2. The highest BCUT2D eigenvalue weighted by molar-refractivity contribution is 6.00. The van der Waals surface area contributed by atoms with Gasteiger partial charge in [0.1, 0.15) is 0 Å². The van der Waals surface area contributed by atoms with Crippen LogP contribution in [0.2, 0.25) is 0 Å². The minimum Gasteiger partial charge on any atom is -0.465 e. The van der Waals surface area contributed by atoms with Gasteiger partial charge in [0.2, 0.25) is 0 Å². The van der Waals surface area contributed by atoms with Crippen molar-refractivity contribution in [3.63, 3.8) is 0 Å². The quantitative estimate of drug-likeness (QED) is 0.0587. The third kappa shape index (κ3) is 12.7. The van der Waals surface area contributed by atoms with E-state index in [-0.39, 0.29) is 36.6 Å². The molecule has 2 aliphatic heterocycles. The summed E-state index contributed by atoms with van der Waals surface area (Å²) >= 11 is 0. The van der Waals surface area contributed by atoms with Crippen molar-refractivity contribution in [3.05, 3.63) is 0 Å². The standard InChI is InChI=1S/C37H68O8/c1-7-35(8-2,29-44-31-21-13-19-27-42-31)23-15-17-25-37(33(38)40-11-5,34(39)41-12-6)26-18-16-24-36(9-3,10-4)30-45-32-22-14-20-28-43-32/h31-32H,7-30H2,1-6H3. The van der Waals surface area contributed by atoms with E-state index < -0.39 is 17.4 Å². The number of ether oxygens (including phenoxy) is 6. The second-order valence-corrected chi connectivity index (χ2v) is 13.6. The second kappa shape index (κ2) is 21.6. The SMILES string of the molecule is CCOC(=O)C(CCCCC(CC)(CC)COC1CCCCO1)(CCCCC(CC)(CC)COC1CCCCO1)C(=O)OCC. The number of unbranched alkanes of at least 4 members (excludes halogenated alkanes) is 2. The van der Waals surface area contributed by atoms with Crippen molar-refractivity contribution in [1.82, 2.24) is 0 Å². The molecule has 0 saturated carbocycles. The number of hydrogen-bond acceptors (Lipinski definition) is 8. The van der Waals surface area contributed by atoms with Crippen LogP contribution < -0.4 is 0 Å². The summed E-state index contributed by atoms with van der Waals surface area (Å²) in [5.41, 5.74) is -1.15. The first-order valence-corrected chi connectivity index (χ1v) is 18.6. The Bertz CT molecular complexity index is 728. The first kappa shape index (κ1) is 40.0. The molecule has 0 spiro atoms. The number of hydrogen-bond donors (Lipinski definition) is 0. The smallest absolute Gasteiger partial charge is 0.323 e. The summed E-state index contributed by atoms with van der Waals surface area (Å²) < 4.78 is 35.2. The van der Waals surface area contributed by atoms with Crippen LogP contribution in [0.15, 0.2) is 0 Å². The van der Waals surface area contributed by atoms with E-state index in [2.05, 4.69) is 27.7 Å². The maximum Gasteiger partial charge on any atom is 0.323 e. The Morgan fingerprint density at radius 2 is 0.956 bits per heavy atom. The molecule has 0 aromatic carbocycles. The number of rotatable bonds is 24. The van der Waals surface area contributed by atoms with Crippen molar-refractivity contribution in [2.75, 3.05) is 39.6 Å². The summed E-state index contributed by atoms with van der Waals surface area (Å²) in [6.07, 6.45) is 16.5. The molecular weight excluding hydrogens is 572 g/mol. The van der Waals surface area contributed by atoms with E-state index in [0.717, 1.165) is 116 Å². The normalized spacial score (nSPS) is 19.8. The van der Waals surface area contributed by atoms with E-state index in [9.17, 15) is 9.59 Å². The van der Waals surface area contributed by atoms with Gasteiger partial charge in [-0.15, -0.1) is 0 Å². The summed E-state index contributed by atoms with van der Waals surface area (Å²) in [6.45, 7) is 15.9. The molecule has 0 aromatic rings. The maximum atomic E-state index is 13.6. The van der Waals surface area contributed by atoms with Crippen LogP contribution in [0.1, 0.15) is 157 Å².